The average molecular weight is 387 g/mol. The number of aromatic nitrogens is 2. The van der Waals surface area contributed by atoms with Crippen LogP contribution in [0.1, 0.15) is 36.2 Å². The standard InChI is InChI=1S/C20H29N5O3/c1-4-21-20(23-11-19-24-15(3)28-25-19)22-10-17-6-5-14(2)9-18(17)27-13-16-7-8-26-12-16/h5-6,9,16H,4,7-8,10-13H2,1-3H3,(H2,21,22,23). The lowest BCUT2D eigenvalue weighted by Crippen LogP contribution is -2.37. The molecule has 28 heavy (non-hydrogen) atoms. The molecule has 2 aromatic rings. The Morgan fingerprint density at radius 2 is 2.21 bits per heavy atom. The molecule has 152 valence electrons. The molecule has 1 aromatic heterocycles. The molecule has 1 fully saturated rings. The highest BCUT2D eigenvalue weighted by atomic mass is 16.5. The molecule has 0 amide bonds. The first-order valence-electron chi connectivity index (χ1n) is 9.75. The summed E-state index contributed by atoms with van der Waals surface area (Å²) in [5.74, 6) is 3.20. The van der Waals surface area contributed by atoms with E-state index in [-0.39, 0.29) is 0 Å². The molecule has 1 aromatic carbocycles. The van der Waals surface area contributed by atoms with Gasteiger partial charge in [0.15, 0.2) is 11.8 Å². The normalized spacial score (nSPS) is 17.0. The first-order chi connectivity index (χ1) is 13.6. The van der Waals surface area contributed by atoms with Gasteiger partial charge in [-0.15, -0.1) is 0 Å². The van der Waals surface area contributed by atoms with E-state index in [1.165, 1.54) is 5.56 Å². The number of nitrogens with zero attached hydrogens (tertiary/aromatic N) is 3. The van der Waals surface area contributed by atoms with Crippen LogP contribution < -0.4 is 15.4 Å². The summed E-state index contributed by atoms with van der Waals surface area (Å²) in [6, 6.07) is 6.23. The average Bonchev–Trinajstić information content (AvgIpc) is 3.35. The van der Waals surface area contributed by atoms with Crippen LogP contribution in [0.4, 0.5) is 0 Å². The van der Waals surface area contributed by atoms with Crippen molar-refractivity contribution in [2.24, 2.45) is 10.9 Å². The van der Waals surface area contributed by atoms with Crippen molar-refractivity contribution in [2.45, 2.75) is 40.3 Å². The van der Waals surface area contributed by atoms with Gasteiger partial charge in [0, 0.05) is 31.6 Å². The molecule has 1 aliphatic rings. The number of rotatable bonds is 8. The maximum Gasteiger partial charge on any atom is 0.223 e. The Bertz CT molecular complexity index is 784. The smallest absolute Gasteiger partial charge is 0.223 e. The predicted molar refractivity (Wildman–Crippen MR) is 106 cm³/mol. The molecule has 2 N–H and O–H groups in total. The maximum absolute atomic E-state index is 6.10. The van der Waals surface area contributed by atoms with Crippen molar-refractivity contribution >= 4 is 5.96 Å². The minimum absolute atomic E-state index is 0.447. The van der Waals surface area contributed by atoms with Crippen LogP contribution in [-0.4, -0.2) is 42.5 Å². The Labute approximate surface area is 165 Å². The first-order valence-corrected chi connectivity index (χ1v) is 9.75. The summed E-state index contributed by atoms with van der Waals surface area (Å²) in [6.45, 7) is 9.87. The van der Waals surface area contributed by atoms with Crippen LogP contribution in [0.5, 0.6) is 5.75 Å². The Kier molecular flexibility index (Phi) is 7.25. The minimum atomic E-state index is 0.447. The van der Waals surface area contributed by atoms with E-state index in [1.54, 1.807) is 6.92 Å². The maximum atomic E-state index is 6.10. The van der Waals surface area contributed by atoms with Crippen molar-refractivity contribution in [2.75, 3.05) is 26.4 Å². The highest BCUT2D eigenvalue weighted by molar-refractivity contribution is 5.79. The van der Waals surface area contributed by atoms with E-state index >= 15 is 0 Å². The zero-order valence-corrected chi connectivity index (χ0v) is 16.8. The molecule has 0 bridgehead atoms. The monoisotopic (exact) mass is 387 g/mol. The van der Waals surface area contributed by atoms with Gasteiger partial charge in [-0.3, -0.25) is 0 Å². The van der Waals surface area contributed by atoms with E-state index in [0.717, 1.165) is 37.5 Å². The molecule has 0 aliphatic carbocycles. The van der Waals surface area contributed by atoms with Gasteiger partial charge in [0.05, 0.1) is 26.3 Å². The van der Waals surface area contributed by atoms with Crippen LogP contribution in [-0.2, 0) is 17.8 Å². The number of hydrogen-bond donors (Lipinski definition) is 2. The van der Waals surface area contributed by atoms with Gasteiger partial charge in [-0.1, -0.05) is 17.3 Å². The number of guanidine groups is 1. The van der Waals surface area contributed by atoms with Crippen LogP contribution in [0.15, 0.2) is 27.7 Å². The fourth-order valence-corrected chi connectivity index (χ4v) is 2.93. The molecule has 8 heteroatoms. The second-order valence-corrected chi connectivity index (χ2v) is 6.93. The minimum Gasteiger partial charge on any atom is -0.493 e. The van der Waals surface area contributed by atoms with Gasteiger partial charge in [0.2, 0.25) is 5.89 Å². The molecule has 1 atom stereocenters. The largest absolute Gasteiger partial charge is 0.493 e. The van der Waals surface area contributed by atoms with E-state index in [1.807, 2.05) is 6.92 Å². The highest BCUT2D eigenvalue weighted by Gasteiger charge is 2.17. The molecule has 1 unspecified atom stereocenters. The third kappa shape index (κ3) is 5.95. The van der Waals surface area contributed by atoms with Crippen LogP contribution in [0.25, 0.3) is 0 Å². The summed E-state index contributed by atoms with van der Waals surface area (Å²) in [7, 11) is 0. The summed E-state index contributed by atoms with van der Waals surface area (Å²) in [6.07, 6.45) is 1.06. The number of hydrogen-bond acceptors (Lipinski definition) is 6. The van der Waals surface area contributed by atoms with Gasteiger partial charge in [0.25, 0.3) is 0 Å². The zero-order chi connectivity index (χ0) is 19.8. The summed E-state index contributed by atoms with van der Waals surface area (Å²) in [4.78, 5) is 8.87. The Hall–Kier alpha value is -2.61. The molecular formula is C20H29N5O3. The fraction of sp³-hybridized carbons (Fsp3) is 0.550. The Morgan fingerprint density at radius 3 is 2.93 bits per heavy atom. The van der Waals surface area contributed by atoms with E-state index in [0.29, 0.717) is 43.3 Å². The second kappa shape index (κ2) is 10.1. The van der Waals surface area contributed by atoms with Gasteiger partial charge >= 0.3 is 0 Å². The molecular weight excluding hydrogens is 358 g/mol. The van der Waals surface area contributed by atoms with Gasteiger partial charge in [-0.25, -0.2) is 4.99 Å². The van der Waals surface area contributed by atoms with Gasteiger partial charge in [0.1, 0.15) is 5.75 Å². The Balaban J connectivity index is 1.63. The summed E-state index contributed by atoms with van der Waals surface area (Å²) in [5, 5.41) is 10.3. The van der Waals surface area contributed by atoms with Gasteiger partial charge < -0.3 is 24.6 Å². The van der Waals surface area contributed by atoms with Crippen molar-refractivity contribution in [3.05, 3.63) is 41.0 Å². The Morgan fingerprint density at radius 1 is 1.32 bits per heavy atom. The zero-order valence-electron chi connectivity index (χ0n) is 16.8. The van der Waals surface area contributed by atoms with Crippen molar-refractivity contribution in [1.29, 1.82) is 0 Å². The van der Waals surface area contributed by atoms with Gasteiger partial charge in [-0.2, -0.15) is 4.98 Å². The molecule has 3 rings (SSSR count). The molecule has 0 saturated carbocycles. The van der Waals surface area contributed by atoms with E-state index < -0.39 is 0 Å². The third-order valence-corrected chi connectivity index (χ3v) is 4.46. The lowest BCUT2D eigenvalue weighted by atomic mass is 10.1. The lowest BCUT2D eigenvalue weighted by molar-refractivity contribution is 0.166. The first kappa shape index (κ1) is 20.1. The topological polar surface area (TPSA) is 93.8 Å². The molecule has 1 aliphatic heterocycles. The van der Waals surface area contributed by atoms with Crippen LogP contribution in [0.3, 0.4) is 0 Å². The van der Waals surface area contributed by atoms with Gasteiger partial charge in [-0.05, 0) is 31.9 Å². The number of aliphatic imine (C=N–C) groups is 1. The lowest BCUT2D eigenvalue weighted by Gasteiger charge is -2.15. The second-order valence-electron chi connectivity index (χ2n) is 6.93. The van der Waals surface area contributed by atoms with E-state index in [2.05, 4.69) is 50.9 Å². The molecule has 1 saturated heterocycles. The van der Waals surface area contributed by atoms with E-state index in [4.69, 9.17) is 14.0 Å². The van der Waals surface area contributed by atoms with Crippen molar-refractivity contribution in [1.82, 2.24) is 20.8 Å². The number of aryl methyl sites for hydroxylation is 2. The van der Waals surface area contributed by atoms with Crippen molar-refractivity contribution in [3.8, 4) is 5.75 Å². The van der Waals surface area contributed by atoms with Crippen molar-refractivity contribution < 1.29 is 14.0 Å². The number of ether oxygens (including phenoxy) is 2. The van der Waals surface area contributed by atoms with Crippen LogP contribution in [0, 0.1) is 19.8 Å². The van der Waals surface area contributed by atoms with Crippen molar-refractivity contribution in [3.63, 3.8) is 0 Å². The number of nitrogens with one attached hydrogen (secondary N) is 2. The predicted octanol–water partition coefficient (Wildman–Crippen LogP) is 2.36. The fourth-order valence-electron chi connectivity index (χ4n) is 2.93. The van der Waals surface area contributed by atoms with E-state index in [9.17, 15) is 0 Å². The van der Waals surface area contributed by atoms with Crippen LogP contribution in [0.2, 0.25) is 0 Å². The third-order valence-electron chi connectivity index (χ3n) is 4.46. The molecule has 0 spiro atoms. The number of benzene rings is 1. The highest BCUT2D eigenvalue weighted by Crippen LogP contribution is 2.23. The van der Waals surface area contributed by atoms with Crippen LogP contribution >= 0.6 is 0 Å². The molecule has 2 heterocycles. The summed E-state index contributed by atoms with van der Waals surface area (Å²) in [5.41, 5.74) is 2.22. The summed E-state index contributed by atoms with van der Waals surface area (Å²) >= 11 is 0. The quantitative estimate of drug-likeness (QED) is 0.530. The SMILES string of the molecule is CCNC(=NCc1ccc(C)cc1OCC1CCOC1)NCc1noc(C)n1. The summed E-state index contributed by atoms with van der Waals surface area (Å²) < 4.78 is 16.5. The molecule has 8 nitrogen and oxygen atoms in total. The molecule has 0 radical (unpaired) electrons.